The van der Waals surface area contributed by atoms with E-state index in [0.29, 0.717) is 38.3 Å². The Morgan fingerprint density at radius 2 is 1.02 bits per heavy atom. The Morgan fingerprint density at radius 3 is 1.64 bits per heavy atom. The monoisotopic (exact) mass is 616 g/mol. The van der Waals surface area contributed by atoms with Crippen molar-refractivity contribution in [2.75, 3.05) is 0 Å². The van der Waals surface area contributed by atoms with Crippen molar-refractivity contribution in [2.24, 2.45) is 0 Å². The van der Waals surface area contributed by atoms with Gasteiger partial charge in [0.25, 0.3) is 0 Å². The Labute approximate surface area is 301 Å². The predicted octanol–water partition coefficient (Wildman–Crippen LogP) is 2.32. The molecule has 214 valence electrons. The van der Waals surface area contributed by atoms with Gasteiger partial charge in [0.2, 0.25) is 0 Å². The van der Waals surface area contributed by atoms with Crippen LogP contribution in [0.4, 0.5) is 0 Å². The number of furan rings is 1. The van der Waals surface area contributed by atoms with Crippen molar-refractivity contribution in [3.63, 3.8) is 0 Å². The molecule has 50 heavy (non-hydrogen) atoms. The lowest BCUT2D eigenvalue weighted by Crippen LogP contribution is -2.50. The van der Waals surface area contributed by atoms with Crippen molar-refractivity contribution in [3.05, 3.63) is 103 Å². The van der Waals surface area contributed by atoms with Crippen molar-refractivity contribution >= 4 is 167 Å². The van der Waals surface area contributed by atoms with Crippen LogP contribution in [-0.4, -0.2) is 62.8 Å². The van der Waals surface area contributed by atoms with Gasteiger partial charge in [-0.1, -0.05) is 101 Å². The zero-order chi connectivity index (χ0) is 35.0. The first-order valence-corrected chi connectivity index (χ1v) is 16.1. The van der Waals surface area contributed by atoms with E-state index in [4.69, 9.17) is 67.2 Å². The molecule has 16 radical (unpaired) electrons. The summed E-state index contributed by atoms with van der Waals surface area (Å²) < 4.78 is 6.27. The van der Waals surface area contributed by atoms with Gasteiger partial charge in [-0.3, -0.25) is 0 Å². The Bertz CT molecular complexity index is 2720. The fourth-order valence-electron chi connectivity index (χ4n) is 7.28. The molecule has 8 rings (SSSR count). The van der Waals surface area contributed by atoms with Crippen molar-refractivity contribution in [1.29, 1.82) is 0 Å². The summed E-state index contributed by atoms with van der Waals surface area (Å²) in [6.45, 7) is 1.98. The molecule has 0 fully saturated rings. The van der Waals surface area contributed by atoms with E-state index in [9.17, 15) is 0 Å². The van der Waals surface area contributed by atoms with Gasteiger partial charge in [0.15, 0.2) is 0 Å². The summed E-state index contributed by atoms with van der Waals surface area (Å²) in [7, 11) is 54.3. The number of fused-ring (bicyclic) bond motifs is 6. The van der Waals surface area contributed by atoms with Gasteiger partial charge < -0.3 is 4.42 Å². The van der Waals surface area contributed by atoms with Crippen LogP contribution in [0.15, 0.2) is 102 Å². The quantitative estimate of drug-likeness (QED) is 0.169. The molecule has 0 N–H and O–H groups in total. The maximum Gasteiger partial charge on any atom is 0.135 e. The number of allylic oxidation sites excluding steroid dienone is 3. The largest absolute Gasteiger partial charge is 0.456 e. The first-order chi connectivity index (χ1) is 24.1. The van der Waals surface area contributed by atoms with E-state index in [1.54, 1.807) is 0 Å². The highest BCUT2D eigenvalue weighted by Crippen LogP contribution is 2.43. The van der Waals surface area contributed by atoms with E-state index < -0.39 is 0 Å². The van der Waals surface area contributed by atoms with Crippen molar-refractivity contribution in [1.82, 2.24) is 0 Å². The molecule has 0 spiro atoms. The molecule has 0 atom stereocenters. The predicted molar refractivity (Wildman–Crippen MR) is 224 cm³/mol. The van der Waals surface area contributed by atoms with Crippen LogP contribution < -0.4 is 43.7 Å². The van der Waals surface area contributed by atoms with Gasteiger partial charge in [-0.2, -0.15) is 0 Å². The van der Waals surface area contributed by atoms with Gasteiger partial charge in [-0.05, 0) is 91.3 Å². The Balaban J connectivity index is 1.60. The molecular formula is C41H20B8O. The molecule has 9 heteroatoms. The van der Waals surface area contributed by atoms with E-state index in [2.05, 4.69) is 12.1 Å². The highest BCUT2D eigenvalue weighted by Gasteiger charge is 2.25. The number of rotatable bonds is 4. The Morgan fingerprint density at radius 1 is 0.480 bits per heavy atom. The molecule has 0 saturated heterocycles. The van der Waals surface area contributed by atoms with E-state index in [1.807, 2.05) is 98.0 Å². The van der Waals surface area contributed by atoms with E-state index in [-0.39, 0.29) is 43.7 Å². The SMILES string of the molecule is [B]c1c([B])c([B])c2c(-c3cccc4ccccc34)c3c([B])c([B])c([B])c([B])c3c(-c3ccc4oc5ccc(/C=C\C=C/C)cc5c4c3)c2c1[B]. The van der Waals surface area contributed by atoms with Crippen LogP contribution in [0.25, 0.3) is 82.6 Å². The van der Waals surface area contributed by atoms with Gasteiger partial charge >= 0.3 is 0 Å². The summed E-state index contributed by atoms with van der Waals surface area (Å²) in [5, 5.41) is 6.11. The van der Waals surface area contributed by atoms with Crippen molar-refractivity contribution < 1.29 is 4.42 Å². The lowest BCUT2D eigenvalue weighted by molar-refractivity contribution is 0.669. The summed E-state index contributed by atoms with van der Waals surface area (Å²) in [4.78, 5) is 0. The van der Waals surface area contributed by atoms with Crippen LogP contribution in [0.5, 0.6) is 0 Å². The number of hydrogen-bond donors (Lipinski definition) is 0. The molecule has 0 aliphatic heterocycles. The lowest BCUT2D eigenvalue weighted by atomic mass is 9.59. The molecule has 0 bridgehead atoms. The molecule has 1 heterocycles. The molecule has 8 aromatic rings. The minimum absolute atomic E-state index is 0.168. The second kappa shape index (κ2) is 12.2. The van der Waals surface area contributed by atoms with Crippen LogP contribution in [0.3, 0.4) is 0 Å². The van der Waals surface area contributed by atoms with E-state index in [1.165, 1.54) is 0 Å². The highest BCUT2D eigenvalue weighted by atomic mass is 16.3. The minimum Gasteiger partial charge on any atom is -0.456 e. The fourth-order valence-corrected chi connectivity index (χ4v) is 7.28. The van der Waals surface area contributed by atoms with Crippen LogP contribution in [0, 0.1) is 0 Å². The summed E-state index contributed by atoms with van der Waals surface area (Å²) in [6.07, 6.45) is 8.00. The highest BCUT2D eigenvalue weighted by molar-refractivity contribution is 6.71. The van der Waals surface area contributed by atoms with Gasteiger partial charge in [0.1, 0.15) is 73.9 Å². The second-order valence-corrected chi connectivity index (χ2v) is 12.5. The third-order valence-electron chi connectivity index (χ3n) is 9.75. The lowest BCUT2D eigenvalue weighted by Gasteiger charge is -2.29. The second-order valence-electron chi connectivity index (χ2n) is 12.5. The van der Waals surface area contributed by atoms with Crippen LogP contribution in [0.2, 0.25) is 0 Å². The van der Waals surface area contributed by atoms with Gasteiger partial charge in [-0.25, -0.2) is 0 Å². The maximum absolute atomic E-state index is 6.97. The average Bonchev–Trinajstić information content (AvgIpc) is 3.50. The third-order valence-corrected chi connectivity index (χ3v) is 9.75. The van der Waals surface area contributed by atoms with Gasteiger partial charge in [0, 0.05) is 10.8 Å². The fraction of sp³-hybridized carbons (Fsp3) is 0.0244. The van der Waals surface area contributed by atoms with Gasteiger partial charge in [-0.15, -0.1) is 21.9 Å². The number of hydrogen-bond acceptors (Lipinski definition) is 1. The molecule has 0 aliphatic rings. The molecule has 1 aromatic heterocycles. The summed E-state index contributed by atoms with van der Waals surface area (Å²) in [5.41, 5.74) is 7.14. The van der Waals surface area contributed by atoms with Crippen molar-refractivity contribution in [2.45, 2.75) is 6.92 Å². The first-order valence-electron chi connectivity index (χ1n) is 16.1. The zero-order valence-corrected chi connectivity index (χ0v) is 27.3. The van der Waals surface area contributed by atoms with Crippen LogP contribution >= 0.6 is 0 Å². The smallest absolute Gasteiger partial charge is 0.135 e. The molecule has 7 aromatic carbocycles. The van der Waals surface area contributed by atoms with Crippen LogP contribution in [-0.2, 0) is 0 Å². The molecule has 0 amide bonds. The summed E-state index contributed by atoms with van der Waals surface area (Å²) in [5.74, 6) is 0. The van der Waals surface area contributed by atoms with Crippen molar-refractivity contribution in [3.8, 4) is 22.3 Å². The van der Waals surface area contributed by atoms with E-state index in [0.717, 1.165) is 43.8 Å². The zero-order valence-electron chi connectivity index (χ0n) is 27.3. The molecule has 0 saturated carbocycles. The molecule has 0 unspecified atom stereocenters. The average molecular weight is 615 g/mol. The summed E-state index contributed by atoms with van der Waals surface area (Å²) >= 11 is 0. The first kappa shape index (κ1) is 32.3. The standard InChI is InChI=1S/C41H20B8O/c1-2-3-4-8-19-13-15-26-24(17-19)25-18-21(14-16-27(25)50-26)28-30-32(36(44)40(48)38(46)34(30)42)29(23-12-7-10-20-9-5-6-11-22(20)23)33-31(28)35(43)39(47)41(49)37(33)45/h2-18H,1H3/b3-2-,8-4-. The normalized spacial score (nSPS) is 12.2. The minimum atomic E-state index is 0.168. The van der Waals surface area contributed by atoms with Gasteiger partial charge in [0.05, 0.1) is 0 Å². The van der Waals surface area contributed by atoms with Crippen LogP contribution in [0.1, 0.15) is 12.5 Å². The third kappa shape index (κ3) is 4.73. The molecule has 0 aliphatic carbocycles. The molecular weight excluding hydrogens is 595 g/mol. The Hall–Kier alpha value is -4.88. The summed E-state index contributed by atoms with van der Waals surface area (Å²) in [6, 6.07) is 26.1. The maximum atomic E-state index is 6.97. The number of benzene rings is 7. The van der Waals surface area contributed by atoms with E-state index >= 15 is 0 Å². The Kier molecular flexibility index (Phi) is 7.87. The molecule has 1 nitrogen and oxygen atoms in total. The topological polar surface area (TPSA) is 13.1 Å².